The van der Waals surface area contributed by atoms with Gasteiger partial charge in [0.15, 0.2) is 6.61 Å². The van der Waals surface area contributed by atoms with E-state index in [0.717, 1.165) is 11.1 Å². The fourth-order valence-electron chi connectivity index (χ4n) is 4.17. The molecule has 1 aliphatic heterocycles. The largest absolute Gasteiger partial charge is 0.484 e. The number of amides is 2. The summed E-state index contributed by atoms with van der Waals surface area (Å²) in [5.74, 6) is -0.353. The van der Waals surface area contributed by atoms with Crippen molar-refractivity contribution < 1.29 is 27.5 Å². The molecule has 0 bridgehead atoms. The van der Waals surface area contributed by atoms with Gasteiger partial charge in [-0.15, -0.1) is 0 Å². The molecule has 1 saturated heterocycles. The number of ether oxygens (including phenoxy) is 2. The van der Waals surface area contributed by atoms with E-state index in [1.54, 1.807) is 19.1 Å². The third-order valence-electron chi connectivity index (χ3n) is 6.54. The van der Waals surface area contributed by atoms with Crippen LogP contribution in [0.5, 0.6) is 5.75 Å². The molecule has 40 heavy (non-hydrogen) atoms. The Morgan fingerprint density at radius 1 is 0.975 bits per heavy atom. The molecule has 2 amide bonds. The van der Waals surface area contributed by atoms with Crippen LogP contribution in [0.25, 0.3) is 0 Å². The molecule has 4 rings (SSSR count). The standard InChI is InChI=1S/C29H32ClN3O6S/c1-22(29(35)31-19-23-7-9-25(30)10-8-23)33(20-24-5-3-2-4-6-24)28(34)21-39-26-11-13-27(14-12-26)40(36,37)32-15-17-38-18-16-32/h2-14,22H,15-21H2,1H3,(H,31,35). The van der Waals surface area contributed by atoms with Crippen molar-refractivity contribution in [3.05, 3.63) is 95.0 Å². The molecule has 11 heteroatoms. The van der Waals surface area contributed by atoms with E-state index in [1.165, 1.54) is 33.5 Å². The first-order valence-electron chi connectivity index (χ1n) is 12.9. The fourth-order valence-corrected chi connectivity index (χ4v) is 5.71. The van der Waals surface area contributed by atoms with Gasteiger partial charge >= 0.3 is 0 Å². The molecule has 1 atom stereocenters. The van der Waals surface area contributed by atoms with E-state index >= 15 is 0 Å². The number of morpholine rings is 1. The van der Waals surface area contributed by atoms with Crippen LogP contribution in [0.4, 0.5) is 0 Å². The van der Waals surface area contributed by atoms with Gasteiger partial charge < -0.3 is 19.7 Å². The second-order valence-electron chi connectivity index (χ2n) is 9.30. The Bertz CT molecular complexity index is 1380. The summed E-state index contributed by atoms with van der Waals surface area (Å²) in [4.78, 5) is 27.9. The summed E-state index contributed by atoms with van der Waals surface area (Å²) < 4.78 is 38.0. The predicted octanol–water partition coefficient (Wildman–Crippen LogP) is 3.47. The van der Waals surface area contributed by atoms with Gasteiger partial charge in [0.05, 0.1) is 18.1 Å². The van der Waals surface area contributed by atoms with Crippen molar-refractivity contribution in [1.82, 2.24) is 14.5 Å². The minimum atomic E-state index is -3.64. The summed E-state index contributed by atoms with van der Waals surface area (Å²) >= 11 is 5.94. The van der Waals surface area contributed by atoms with Crippen molar-refractivity contribution in [2.24, 2.45) is 0 Å². The second kappa shape index (κ2) is 13.8. The molecule has 0 spiro atoms. The van der Waals surface area contributed by atoms with Crippen LogP contribution in [-0.4, -0.2) is 68.4 Å². The van der Waals surface area contributed by atoms with Gasteiger partial charge in [0, 0.05) is 31.2 Å². The first-order chi connectivity index (χ1) is 19.2. The summed E-state index contributed by atoms with van der Waals surface area (Å²) in [5.41, 5.74) is 1.75. The number of carbonyl (C=O) groups is 2. The van der Waals surface area contributed by atoms with Crippen LogP contribution in [0.15, 0.2) is 83.8 Å². The molecule has 0 aliphatic carbocycles. The summed E-state index contributed by atoms with van der Waals surface area (Å²) in [7, 11) is -3.64. The molecule has 1 N–H and O–H groups in total. The molecule has 1 fully saturated rings. The third-order valence-corrected chi connectivity index (χ3v) is 8.70. The van der Waals surface area contributed by atoms with Crippen molar-refractivity contribution >= 4 is 33.4 Å². The lowest BCUT2D eigenvalue weighted by molar-refractivity contribution is -0.142. The van der Waals surface area contributed by atoms with Crippen molar-refractivity contribution in [3.63, 3.8) is 0 Å². The van der Waals surface area contributed by atoms with Gasteiger partial charge in [-0.1, -0.05) is 54.1 Å². The highest BCUT2D eigenvalue weighted by Gasteiger charge is 2.28. The van der Waals surface area contributed by atoms with Gasteiger partial charge in [-0.2, -0.15) is 4.31 Å². The maximum absolute atomic E-state index is 13.3. The highest BCUT2D eigenvalue weighted by molar-refractivity contribution is 7.89. The zero-order valence-electron chi connectivity index (χ0n) is 22.2. The molecule has 1 aliphatic rings. The van der Waals surface area contributed by atoms with E-state index in [2.05, 4.69) is 5.32 Å². The quantitative estimate of drug-likeness (QED) is 0.369. The van der Waals surface area contributed by atoms with Crippen LogP contribution >= 0.6 is 11.6 Å². The molecular formula is C29H32ClN3O6S. The average Bonchev–Trinajstić information content (AvgIpc) is 2.99. The smallest absolute Gasteiger partial charge is 0.261 e. The molecule has 0 radical (unpaired) electrons. The normalized spacial score (nSPS) is 14.8. The Kier molecular flexibility index (Phi) is 10.2. The highest BCUT2D eigenvalue weighted by Crippen LogP contribution is 2.21. The molecule has 0 saturated carbocycles. The van der Waals surface area contributed by atoms with E-state index in [1.807, 2.05) is 42.5 Å². The van der Waals surface area contributed by atoms with Gasteiger partial charge in [0.2, 0.25) is 15.9 Å². The van der Waals surface area contributed by atoms with E-state index in [-0.39, 0.29) is 29.9 Å². The Balaban J connectivity index is 1.40. The second-order valence-corrected chi connectivity index (χ2v) is 11.7. The molecular weight excluding hydrogens is 554 g/mol. The minimum Gasteiger partial charge on any atom is -0.484 e. The lowest BCUT2D eigenvalue weighted by atomic mass is 10.1. The fraction of sp³-hybridized carbons (Fsp3) is 0.310. The Morgan fingerprint density at radius 2 is 1.62 bits per heavy atom. The Labute approximate surface area is 239 Å². The van der Waals surface area contributed by atoms with Crippen LogP contribution in [0.2, 0.25) is 5.02 Å². The minimum absolute atomic E-state index is 0.143. The number of halogens is 1. The topological polar surface area (TPSA) is 105 Å². The molecule has 3 aromatic rings. The number of sulfonamides is 1. The van der Waals surface area contributed by atoms with Crippen LogP contribution < -0.4 is 10.1 Å². The SMILES string of the molecule is CC(C(=O)NCc1ccc(Cl)cc1)N(Cc1ccccc1)C(=O)COc1ccc(S(=O)(=O)N2CCOCC2)cc1. The monoisotopic (exact) mass is 585 g/mol. The molecule has 3 aromatic carbocycles. The van der Waals surface area contributed by atoms with Crippen LogP contribution in [0, 0.1) is 0 Å². The van der Waals surface area contributed by atoms with Crippen molar-refractivity contribution in [1.29, 1.82) is 0 Å². The lowest BCUT2D eigenvalue weighted by Crippen LogP contribution is -2.48. The maximum Gasteiger partial charge on any atom is 0.261 e. The number of carbonyl (C=O) groups excluding carboxylic acids is 2. The number of hydrogen-bond acceptors (Lipinski definition) is 6. The lowest BCUT2D eigenvalue weighted by Gasteiger charge is -2.29. The number of benzene rings is 3. The number of rotatable bonds is 11. The summed E-state index contributed by atoms with van der Waals surface area (Å²) in [6, 6.07) is 21.7. The van der Waals surface area contributed by atoms with Crippen molar-refractivity contribution in [3.8, 4) is 5.75 Å². The third kappa shape index (κ3) is 7.82. The molecule has 0 aromatic heterocycles. The van der Waals surface area contributed by atoms with Gasteiger partial charge in [-0.3, -0.25) is 9.59 Å². The van der Waals surface area contributed by atoms with Gasteiger partial charge in [-0.25, -0.2) is 8.42 Å². The van der Waals surface area contributed by atoms with Crippen LogP contribution in [-0.2, 0) is 37.4 Å². The van der Waals surface area contributed by atoms with Crippen LogP contribution in [0.3, 0.4) is 0 Å². The molecule has 212 valence electrons. The first kappa shape index (κ1) is 29.5. The maximum atomic E-state index is 13.3. The van der Waals surface area contributed by atoms with Crippen molar-refractivity contribution in [2.75, 3.05) is 32.9 Å². The number of nitrogens with one attached hydrogen (secondary N) is 1. The molecule has 1 heterocycles. The first-order valence-corrected chi connectivity index (χ1v) is 14.7. The van der Waals surface area contributed by atoms with E-state index in [0.29, 0.717) is 43.6 Å². The predicted molar refractivity (Wildman–Crippen MR) is 151 cm³/mol. The van der Waals surface area contributed by atoms with Gasteiger partial charge in [-0.05, 0) is 54.4 Å². The molecule has 1 unspecified atom stereocenters. The highest BCUT2D eigenvalue weighted by atomic mass is 35.5. The number of hydrogen-bond donors (Lipinski definition) is 1. The van der Waals surface area contributed by atoms with Gasteiger partial charge in [0.25, 0.3) is 5.91 Å². The average molecular weight is 586 g/mol. The zero-order valence-corrected chi connectivity index (χ0v) is 23.7. The summed E-state index contributed by atoms with van der Waals surface area (Å²) in [6.45, 7) is 3.19. The van der Waals surface area contributed by atoms with Crippen LogP contribution in [0.1, 0.15) is 18.1 Å². The summed E-state index contributed by atoms with van der Waals surface area (Å²) in [6.07, 6.45) is 0. The summed E-state index contributed by atoms with van der Waals surface area (Å²) in [5, 5.41) is 3.48. The van der Waals surface area contributed by atoms with Crippen molar-refractivity contribution in [2.45, 2.75) is 31.0 Å². The van der Waals surface area contributed by atoms with E-state index in [4.69, 9.17) is 21.1 Å². The van der Waals surface area contributed by atoms with Gasteiger partial charge in [0.1, 0.15) is 11.8 Å². The van der Waals surface area contributed by atoms with E-state index in [9.17, 15) is 18.0 Å². The Hall–Kier alpha value is -3.44. The Morgan fingerprint density at radius 3 is 2.27 bits per heavy atom. The molecule has 9 nitrogen and oxygen atoms in total. The zero-order chi connectivity index (χ0) is 28.5. The number of nitrogens with zero attached hydrogens (tertiary/aromatic N) is 2. The van der Waals surface area contributed by atoms with E-state index < -0.39 is 16.1 Å².